The molecule has 8 heteroatoms. The average Bonchev–Trinajstić information content (AvgIpc) is 3.16. The van der Waals surface area contributed by atoms with Crippen molar-refractivity contribution < 1.29 is 15.0 Å². The number of hydrogen-bond acceptors (Lipinski definition) is 6. The van der Waals surface area contributed by atoms with Crippen molar-refractivity contribution in [2.24, 2.45) is 0 Å². The van der Waals surface area contributed by atoms with Gasteiger partial charge >= 0.3 is 6.09 Å². The van der Waals surface area contributed by atoms with E-state index in [0.29, 0.717) is 12.0 Å². The highest BCUT2D eigenvalue weighted by Crippen LogP contribution is 2.47. The van der Waals surface area contributed by atoms with Crippen LogP contribution in [-0.4, -0.2) is 44.5 Å². The molecule has 2 aliphatic rings. The van der Waals surface area contributed by atoms with Crippen molar-refractivity contribution >= 4 is 33.5 Å². The van der Waals surface area contributed by atoms with Gasteiger partial charge in [-0.1, -0.05) is 0 Å². The zero-order chi connectivity index (χ0) is 19.0. The molecule has 2 aliphatic carbocycles. The molecule has 4 N–H and O–H groups in total. The minimum absolute atomic E-state index is 0.0479. The third kappa shape index (κ3) is 3.87. The summed E-state index contributed by atoms with van der Waals surface area (Å²) in [7, 11) is 0. The molecule has 2 aromatic heterocycles. The van der Waals surface area contributed by atoms with E-state index in [1.165, 1.54) is 10.4 Å². The Morgan fingerprint density at radius 3 is 2.70 bits per heavy atom. The first-order valence-electron chi connectivity index (χ1n) is 9.71. The summed E-state index contributed by atoms with van der Waals surface area (Å²) in [6, 6.07) is 0.342. The first-order chi connectivity index (χ1) is 13.0. The lowest BCUT2D eigenvalue weighted by Crippen LogP contribution is -2.39. The first kappa shape index (κ1) is 18.4. The number of carbonyl (C=O) groups is 1. The van der Waals surface area contributed by atoms with Gasteiger partial charge in [-0.05, 0) is 63.4 Å². The minimum Gasteiger partial charge on any atom is -0.465 e. The van der Waals surface area contributed by atoms with Crippen LogP contribution in [0.4, 0.5) is 10.6 Å². The highest BCUT2D eigenvalue weighted by Gasteiger charge is 2.31. The molecule has 0 radical (unpaired) electrons. The van der Waals surface area contributed by atoms with Crippen LogP contribution in [0.25, 0.3) is 10.2 Å². The monoisotopic (exact) mass is 390 g/mol. The number of hydrogen-bond donors (Lipinski definition) is 4. The number of nitrogens with zero attached hydrogens (tertiary/aromatic N) is 2. The Kier molecular flexibility index (Phi) is 5.19. The van der Waals surface area contributed by atoms with Gasteiger partial charge in [0.15, 0.2) is 0 Å². The molecule has 27 heavy (non-hydrogen) atoms. The van der Waals surface area contributed by atoms with E-state index in [2.05, 4.69) is 20.6 Å². The van der Waals surface area contributed by atoms with Crippen LogP contribution in [0.3, 0.4) is 0 Å². The van der Waals surface area contributed by atoms with Gasteiger partial charge in [-0.2, -0.15) is 0 Å². The normalized spacial score (nSPS) is 25.9. The van der Waals surface area contributed by atoms with E-state index in [1.807, 2.05) is 6.92 Å². The van der Waals surface area contributed by atoms with Crippen LogP contribution in [0.2, 0.25) is 0 Å². The van der Waals surface area contributed by atoms with Gasteiger partial charge in [0.25, 0.3) is 0 Å². The number of aryl methyl sites for hydroxylation is 1. The summed E-state index contributed by atoms with van der Waals surface area (Å²) in [5.74, 6) is 1.26. The number of aliphatic hydroxyl groups excluding tert-OH is 1. The van der Waals surface area contributed by atoms with Crippen molar-refractivity contribution in [1.82, 2.24) is 15.3 Å². The zero-order valence-electron chi connectivity index (χ0n) is 15.4. The van der Waals surface area contributed by atoms with E-state index in [-0.39, 0.29) is 12.1 Å². The van der Waals surface area contributed by atoms with Crippen molar-refractivity contribution in [3.8, 4) is 0 Å². The highest BCUT2D eigenvalue weighted by molar-refractivity contribution is 7.19. The van der Waals surface area contributed by atoms with E-state index < -0.39 is 6.09 Å². The molecule has 2 atom stereocenters. The lowest BCUT2D eigenvalue weighted by molar-refractivity contribution is 0.174. The topological polar surface area (TPSA) is 107 Å². The summed E-state index contributed by atoms with van der Waals surface area (Å²) in [6.45, 7) is 1.85. The molecule has 146 valence electrons. The second-order valence-corrected chi connectivity index (χ2v) is 8.89. The lowest BCUT2D eigenvalue weighted by Gasteiger charge is -2.29. The number of rotatable bonds is 5. The number of thiophene rings is 1. The van der Waals surface area contributed by atoms with E-state index in [4.69, 9.17) is 5.11 Å². The third-order valence-corrected chi connectivity index (χ3v) is 6.92. The van der Waals surface area contributed by atoms with Gasteiger partial charge in [0.1, 0.15) is 17.0 Å². The average molecular weight is 391 g/mol. The molecule has 0 spiro atoms. The molecule has 0 bridgehead atoms. The SMILES string of the molecule is CC(O)C[C@H]1CCc2sc3ncnc(NC4CCC(NC(=O)O)CC4)c3c21. The van der Waals surface area contributed by atoms with Crippen LogP contribution < -0.4 is 10.6 Å². The number of amides is 1. The Labute approximate surface area is 162 Å². The van der Waals surface area contributed by atoms with E-state index in [1.54, 1.807) is 17.7 Å². The van der Waals surface area contributed by atoms with Crippen molar-refractivity contribution in [3.63, 3.8) is 0 Å². The second-order valence-electron chi connectivity index (χ2n) is 7.80. The fourth-order valence-electron chi connectivity index (χ4n) is 4.57. The number of aliphatic hydroxyl groups is 1. The van der Waals surface area contributed by atoms with Crippen molar-refractivity contribution in [3.05, 3.63) is 16.8 Å². The molecular formula is C19H26N4O3S. The molecular weight excluding hydrogens is 364 g/mol. The molecule has 0 saturated heterocycles. The summed E-state index contributed by atoms with van der Waals surface area (Å²) < 4.78 is 0. The Hall–Kier alpha value is -1.93. The van der Waals surface area contributed by atoms with Gasteiger partial charge in [0.2, 0.25) is 0 Å². The third-order valence-electron chi connectivity index (χ3n) is 5.75. The summed E-state index contributed by atoms with van der Waals surface area (Å²) in [5.41, 5.74) is 1.33. The molecule has 4 rings (SSSR count). The summed E-state index contributed by atoms with van der Waals surface area (Å²) in [6.07, 6.45) is 6.79. The smallest absolute Gasteiger partial charge is 0.404 e. The van der Waals surface area contributed by atoms with E-state index in [9.17, 15) is 9.90 Å². The minimum atomic E-state index is -0.943. The number of anilines is 1. The van der Waals surface area contributed by atoms with Crippen LogP contribution in [0.1, 0.15) is 61.8 Å². The van der Waals surface area contributed by atoms with Crippen molar-refractivity contribution in [2.75, 3.05) is 5.32 Å². The Bertz CT molecular complexity index is 830. The summed E-state index contributed by atoms with van der Waals surface area (Å²) >= 11 is 1.75. The molecule has 0 aromatic carbocycles. The van der Waals surface area contributed by atoms with Crippen LogP contribution in [0.5, 0.6) is 0 Å². The lowest BCUT2D eigenvalue weighted by atomic mass is 9.91. The quantitative estimate of drug-likeness (QED) is 0.623. The van der Waals surface area contributed by atoms with Crippen LogP contribution in [0.15, 0.2) is 6.33 Å². The largest absolute Gasteiger partial charge is 0.465 e. The first-order valence-corrected chi connectivity index (χ1v) is 10.5. The predicted octanol–water partition coefficient (Wildman–Crippen LogP) is 3.48. The Morgan fingerprint density at radius 2 is 2.00 bits per heavy atom. The molecule has 1 amide bonds. The molecule has 1 unspecified atom stereocenters. The van der Waals surface area contributed by atoms with Gasteiger partial charge in [0, 0.05) is 17.0 Å². The maximum atomic E-state index is 10.8. The fraction of sp³-hybridized carbons (Fsp3) is 0.632. The molecule has 7 nitrogen and oxygen atoms in total. The molecule has 2 aromatic rings. The maximum absolute atomic E-state index is 10.8. The number of fused-ring (bicyclic) bond motifs is 3. The van der Waals surface area contributed by atoms with E-state index >= 15 is 0 Å². The molecule has 0 aliphatic heterocycles. The van der Waals surface area contributed by atoms with Gasteiger partial charge < -0.3 is 20.8 Å². The van der Waals surface area contributed by atoms with Gasteiger partial charge in [-0.3, -0.25) is 0 Å². The number of carboxylic acid groups (broad SMARTS) is 1. The van der Waals surface area contributed by atoms with Crippen molar-refractivity contribution in [2.45, 2.75) is 76.0 Å². The predicted molar refractivity (Wildman–Crippen MR) is 106 cm³/mol. The second kappa shape index (κ2) is 7.59. The van der Waals surface area contributed by atoms with Gasteiger partial charge in [-0.15, -0.1) is 11.3 Å². The molecule has 2 heterocycles. The fourth-order valence-corrected chi connectivity index (χ4v) is 5.82. The zero-order valence-corrected chi connectivity index (χ0v) is 16.3. The van der Waals surface area contributed by atoms with Gasteiger partial charge in [-0.25, -0.2) is 14.8 Å². The van der Waals surface area contributed by atoms with Crippen LogP contribution in [0, 0.1) is 0 Å². The standard InChI is InChI=1S/C19H26N4O3S/c1-10(24)8-11-2-7-14-15(11)16-17(20-9-21-18(16)27-14)22-12-3-5-13(6-4-12)23-19(25)26/h9-13,23-24H,2-8H2,1H3,(H,25,26)(H,20,21,22)/t10?,11-,12?,13?/m1/s1. The Morgan fingerprint density at radius 1 is 1.26 bits per heavy atom. The maximum Gasteiger partial charge on any atom is 0.404 e. The summed E-state index contributed by atoms with van der Waals surface area (Å²) in [5, 5.41) is 26.1. The van der Waals surface area contributed by atoms with Gasteiger partial charge in [0.05, 0.1) is 11.5 Å². The summed E-state index contributed by atoms with van der Waals surface area (Å²) in [4.78, 5) is 22.2. The number of nitrogens with one attached hydrogen (secondary N) is 2. The molecule has 1 saturated carbocycles. The highest BCUT2D eigenvalue weighted by atomic mass is 32.1. The van der Waals surface area contributed by atoms with Crippen molar-refractivity contribution in [1.29, 1.82) is 0 Å². The van der Waals surface area contributed by atoms with E-state index in [0.717, 1.165) is 61.0 Å². The van der Waals surface area contributed by atoms with Crippen LogP contribution >= 0.6 is 11.3 Å². The Balaban J connectivity index is 1.54. The van der Waals surface area contributed by atoms with Crippen LogP contribution in [-0.2, 0) is 6.42 Å². The molecule has 1 fully saturated rings. The number of aromatic nitrogens is 2.